The van der Waals surface area contributed by atoms with Crippen LogP contribution in [0.25, 0.3) is 0 Å². The summed E-state index contributed by atoms with van der Waals surface area (Å²) in [6.45, 7) is 0.0728. The molecule has 0 radical (unpaired) electrons. The van der Waals surface area contributed by atoms with Crippen molar-refractivity contribution in [3.63, 3.8) is 0 Å². The summed E-state index contributed by atoms with van der Waals surface area (Å²) in [7, 11) is 0. The molecule has 1 aromatic heterocycles. The molecule has 2 N–H and O–H groups in total. The molecule has 0 unspecified atom stereocenters. The number of halogens is 5. The van der Waals surface area contributed by atoms with E-state index in [9.17, 15) is 13.2 Å². The topological polar surface area (TPSA) is 48.1 Å². The van der Waals surface area contributed by atoms with E-state index < -0.39 is 12.2 Å². The highest BCUT2D eigenvalue weighted by molar-refractivity contribution is 14.1. The summed E-state index contributed by atoms with van der Waals surface area (Å²) in [5.74, 6) is -0.455. The zero-order valence-corrected chi connectivity index (χ0v) is 11.4. The first-order chi connectivity index (χ1) is 6.83. The lowest BCUT2D eigenvalue weighted by atomic mass is 10.3. The summed E-state index contributed by atoms with van der Waals surface area (Å²) in [6, 6.07) is 1.54. The summed E-state index contributed by atoms with van der Waals surface area (Å²) >= 11 is 3.68. The maximum atomic E-state index is 12.0. The molecule has 1 aromatic rings. The SMILES string of the molecule is NCc1nc(OC(F)(F)F)c(I)cc1I. The van der Waals surface area contributed by atoms with Crippen LogP contribution in [-0.2, 0) is 6.54 Å². The second-order valence-electron chi connectivity index (χ2n) is 2.46. The van der Waals surface area contributed by atoms with Gasteiger partial charge in [0, 0.05) is 10.1 Å². The average Bonchev–Trinajstić information content (AvgIpc) is 2.07. The van der Waals surface area contributed by atoms with Gasteiger partial charge in [-0.05, 0) is 51.2 Å². The molecule has 0 fully saturated rings. The van der Waals surface area contributed by atoms with E-state index in [2.05, 4.69) is 9.72 Å². The molecule has 0 aliphatic heterocycles. The van der Waals surface area contributed by atoms with Gasteiger partial charge in [0.2, 0.25) is 5.88 Å². The molecule has 1 heterocycles. The van der Waals surface area contributed by atoms with Crippen LogP contribution < -0.4 is 10.5 Å². The van der Waals surface area contributed by atoms with Crippen molar-refractivity contribution < 1.29 is 17.9 Å². The fourth-order valence-corrected chi connectivity index (χ4v) is 2.60. The first-order valence-electron chi connectivity index (χ1n) is 3.64. The molecule has 0 amide bonds. The van der Waals surface area contributed by atoms with Crippen LogP contribution in [0.2, 0.25) is 0 Å². The monoisotopic (exact) mass is 444 g/mol. The van der Waals surface area contributed by atoms with Gasteiger partial charge < -0.3 is 10.5 Å². The lowest BCUT2D eigenvalue weighted by Gasteiger charge is -2.11. The average molecular weight is 444 g/mol. The Hall–Kier alpha value is 0.160. The Morgan fingerprint density at radius 1 is 1.33 bits per heavy atom. The smallest absolute Gasteiger partial charge is 0.387 e. The fourth-order valence-electron chi connectivity index (χ4n) is 0.810. The van der Waals surface area contributed by atoms with E-state index in [1.54, 1.807) is 22.6 Å². The predicted octanol–water partition coefficient (Wildman–Crippen LogP) is 2.65. The van der Waals surface area contributed by atoms with Crippen LogP contribution in [0.3, 0.4) is 0 Å². The van der Waals surface area contributed by atoms with Crippen molar-refractivity contribution in [2.45, 2.75) is 12.9 Å². The van der Waals surface area contributed by atoms with E-state index in [1.807, 2.05) is 22.6 Å². The minimum Gasteiger partial charge on any atom is -0.387 e. The number of nitrogens with zero attached hydrogens (tertiary/aromatic N) is 1. The van der Waals surface area contributed by atoms with E-state index in [-0.39, 0.29) is 6.54 Å². The van der Waals surface area contributed by atoms with Gasteiger partial charge >= 0.3 is 6.36 Å². The molecule has 0 aliphatic carbocycles. The molecule has 15 heavy (non-hydrogen) atoms. The Labute approximate surface area is 111 Å². The largest absolute Gasteiger partial charge is 0.574 e. The van der Waals surface area contributed by atoms with Crippen molar-refractivity contribution in [1.82, 2.24) is 4.98 Å². The molecule has 84 valence electrons. The third kappa shape index (κ3) is 3.90. The minimum atomic E-state index is -4.73. The molecule has 0 saturated heterocycles. The maximum Gasteiger partial charge on any atom is 0.574 e. The number of rotatable bonds is 2. The number of ether oxygens (including phenoxy) is 1. The Balaban J connectivity index is 3.08. The summed E-state index contributed by atoms with van der Waals surface area (Å²) in [6.07, 6.45) is -4.73. The maximum absolute atomic E-state index is 12.0. The van der Waals surface area contributed by atoms with Crippen LogP contribution in [0.5, 0.6) is 5.88 Å². The molecule has 8 heteroatoms. The molecule has 0 aliphatic rings. The van der Waals surface area contributed by atoms with Crippen LogP contribution >= 0.6 is 45.2 Å². The Kier molecular flexibility index (Phi) is 4.40. The van der Waals surface area contributed by atoms with Gasteiger partial charge in [-0.2, -0.15) is 0 Å². The standard InChI is InChI=1S/C7H5F3I2N2O/c8-7(9,10)15-6-4(12)1-3(11)5(2-13)14-6/h1H,2,13H2. The van der Waals surface area contributed by atoms with E-state index in [4.69, 9.17) is 5.73 Å². The van der Waals surface area contributed by atoms with Crippen LogP contribution in [0.4, 0.5) is 13.2 Å². The summed E-state index contributed by atoms with van der Waals surface area (Å²) in [5, 5.41) is 0. The van der Waals surface area contributed by atoms with Crippen LogP contribution in [0.15, 0.2) is 6.07 Å². The zero-order chi connectivity index (χ0) is 11.6. The van der Waals surface area contributed by atoms with Gasteiger partial charge in [-0.15, -0.1) is 13.2 Å². The zero-order valence-electron chi connectivity index (χ0n) is 7.11. The van der Waals surface area contributed by atoms with Crippen molar-refractivity contribution in [3.8, 4) is 5.88 Å². The van der Waals surface area contributed by atoms with Gasteiger partial charge in [-0.1, -0.05) is 0 Å². The number of hydrogen-bond donors (Lipinski definition) is 1. The molecular weight excluding hydrogens is 439 g/mol. The lowest BCUT2D eigenvalue weighted by molar-refractivity contribution is -0.276. The van der Waals surface area contributed by atoms with Crippen molar-refractivity contribution in [2.75, 3.05) is 0 Å². The van der Waals surface area contributed by atoms with Crippen LogP contribution in [0.1, 0.15) is 5.69 Å². The number of aromatic nitrogens is 1. The first-order valence-corrected chi connectivity index (χ1v) is 5.80. The first kappa shape index (κ1) is 13.2. The van der Waals surface area contributed by atoms with Crippen LogP contribution in [-0.4, -0.2) is 11.3 Å². The molecule has 0 bridgehead atoms. The molecule has 3 nitrogen and oxygen atoms in total. The van der Waals surface area contributed by atoms with Gasteiger partial charge in [0.1, 0.15) is 0 Å². The molecule has 0 aromatic carbocycles. The minimum absolute atomic E-state index is 0.0728. The van der Waals surface area contributed by atoms with Crippen LogP contribution in [0, 0.1) is 7.14 Å². The molecular formula is C7H5F3I2N2O. The van der Waals surface area contributed by atoms with Crippen molar-refractivity contribution >= 4 is 45.2 Å². The third-order valence-electron chi connectivity index (χ3n) is 1.38. The highest BCUT2D eigenvalue weighted by atomic mass is 127. The van der Waals surface area contributed by atoms with E-state index in [1.165, 1.54) is 6.07 Å². The molecule has 1 rings (SSSR count). The van der Waals surface area contributed by atoms with Gasteiger partial charge in [0.25, 0.3) is 0 Å². The fraction of sp³-hybridized carbons (Fsp3) is 0.286. The van der Waals surface area contributed by atoms with E-state index in [0.717, 1.165) is 0 Å². The normalized spacial score (nSPS) is 11.6. The highest BCUT2D eigenvalue weighted by Gasteiger charge is 2.33. The molecule has 0 saturated carbocycles. The molecule has 0 atom stereocenters. The van der Waals surface area contributed by atoms with E-state index in [0.29, 0.717) is 12.8 Å². The summed E-state index contributed by atoms with van der Waals surface area (Å²) in [5.41, 5.74) is 5.71. The summed E-state index contributed by atoms with van der Waals surface area (Å²) < 4.78 is 40.6. The Morgan fingerprint density at radius 3 is 2.40 bits per heavy atom. The summed E-state index contributed by atoms with van der Waals surface area (Å²) in [4.78, 5) is 3.69. The highest BCUT2D eigenvalue weighted by Crippen LogP contribution is 2.27. The number of pyridine rings is 1. The lowest BCUT2D eigenvalue weighted by Crippen LogP contribution is -2.19. The Morgan fingerprint density at radius 2 is 1.93 bits per heavy atom. The van der Waals surface area contributed by atoms with E-state index >= 15 is 0 Å². The number of nitrogens with two attached hydrogens (primary N) is 1. The molecule has 0 spiro atoms. The second-order valence-corrected chi connectivity index (χ2v) is 4.78. The second kappa shape index (κ2) is 4.99. The number of alkyl halides is 3. The Bertz CT molecular complexity index is 370. The van der Waals surface area contributed by atoms with Gasteiger partial charge in [-0.3, -0.25) is 0 Å². The van der Waals surface area contributed by atoms with Crippen molar-refractivity contribution in [3.05, 3.63) is 18.9 Å². The van der Waals surface area contributed by atoms with Crippen molar-refractivity contribution in [2.24, 2.45) is 5.73 Å². The van der Waals surface area contributed by atoms with Gasteiger partial charge in [0.05, 0.1) is 9.26 Å². The van der Waals surface area contributed by atoms with Crippen molar-refractivity contribution in [1.29, 1.82) is 0 Å². The van der Waals surface area contributed by atoms with Gasteiger partial charge in [0.15, 0.2) is 0 Å². The predicted molar refractivity (Wildman–Crippen MR) is 64.2 cm³/mol. The third-order valence-corrected chi connectivity index (χ3v) is 3.08. The van der Waals surface area contributed by atoms with Gasteiger partial charge in [-0.25, -0.2) is 4.98 Å². The quantitative estimate of drug-likeness (QED) is 0.715. The number of hydrogen-bond acceptors (Lipinski definition) is 3.